The number of aromatic nitrogens is 2. The molecule has 1 aliphatic heterocycles. The summed E-state index contributed by atoms with van der Waals surface area (Å²) in [7, 11) is 3.78. The summed E-state index contributed by atoms with van der Waals surface area (Å²) < 4.78 is 11.3. The van der Waals surface area contributed by atoms with E-state index in [1.165, 1.54) is 6.42 Å². The highest BCUT2D eigenvalue weighted by Gasteiger charge is 2.32. The molecule has 1 aromatic rings. The van der Waals surface area contributed by atoms with Crippen LogP contribution >= 0.6 is 0 Å². The summed E-state index contributed by atoms with van der Waals surface area (Å²) in [6.45, 7) is 4.24. The van der Waals surface area contributed by atoms with Gasteiger partial charge < -0.3 is 20.1 Å². The van der Waals surface area contributed by atoms with Gasteiger partial charge in [-0.15, -0.1) is 0 Å². The van der Waals surface area contributed by atoms with Gasteiger partial charge in [0.05, 0.1) is 11.6 Å². The molecule has 1 saturated heterocycles. The first-order valence-corrected chi connectivity index (χ1v) is 12.7. The van der Waals surface area contributed by atoms with Crippen molar-refractivity contribution in [1.29, 1.82) is 0 Å². The second kappa shape index (κ2) is 13.0. The van der Waals surface area contributed by atoms with Gasteiger partial charge in [0.2, 0.25) is 5.88 Å². The lowest BCUT2D eigenvalue weighted by atomic mass is 9.81. The third-order valence-corrected chi connectivity index (χ3v) is 6.87. The highest BCUT2D eigenvalue weighted by molar-refractivity contribution is 6.13. The molecule has 0 radical (unpaired) electrons. The van der Waals surface area contributed by atoms with Crippen molar-refractivity contribution in [1.82, 2.24) is 14.9 Å². The third-order valence-electron chi connectivity index (χ3n) is 6.87. The number of nitrogens with zero attached hydrogens (tertiary/aromatic N) is 3. The summed E-state index contributed by atoms with van der Waals surface area (Å²) in [4.78, 5) is 37.4. The molecule has 8 nitrogen and oxygen atoms in total. The summed E-state index contributed by atoms with van der Waals surface area (Å²) >= 11 is 0. The van der Waals surface area contributed by atoms with E-state index >= 15 is 0 Å². The first-order valence-electron chi connectivity index (χ1n) is 12.7. The van der Waals surface area contributed by atoms with Gasteiger partial charge in [0.25, 0.3) is 0 Å². The van der Waals surface area contributed by atoms with Gasteiger partial charge in [0.15, 0.2) is 11.6 Å². The fourth-order valence-corrected chi connectivity index (χ4v) is 4.81. The number of likely N-dealkylation sites (N-methyl/N-ethyl adjacent to an activating group) is 1. The van der Waals surface area contributed by atoms with Crippen molar-refractivity contribution < 1.29 is 19.1 Å². The molecule has 0 aromatic carbocycles. The highest BCUT2D eigenvalue weighted by atomic mass is 16.5. The van der Waals surface area contributed by atoms with Crippen LogP contribution in [-0.4, -0.2) is 66.4 Å². The molecule has 0 amide bonds. The molecular weight excluding hydrogens is 432 g/mol. The van der Waals surface area contributed by atoms with E-state index in [0.29, 0.717) is 62.2 Å². The summed E-state index contributed by atoms with van der Waals surface area (Å²) in [5.74, 6) is 0.0545. The SMILES string of the molecule is CCC/C(C(=O)[C@H]1CCCCC1=O)=C(/N)c1nc(CCCOC)cc(OC[C@@H]2CCCN2C)n1. The van der Waals surface area contributed by atoms with E-state index in [-0.39, 0.29) is 17.3 Å². The van der Waals surface area contributed by atoms with Crippen LogP contribution in [0, 0.1) is 5.92 Å². The Morgan fingerprint density at radius 2 is 2.06 bits per heavy atom. The molecule has 188 valence electrons. The Labute approximate surface area is 203 Å². The van der Waals surface area contributed by atoms with Crippen LogP contribution < -0.4 is 10.5 Å². The predicted molar refractivity (Wildman–Crippen MR) is 131 cm³/mol. The third kappa shape index (κ3) is 6.85. The largest absolute Gasteiger partial charge is 0.476 e. The molecule has 2 N–H and O–H groups in total. The predicted octanol–water partition coefficient (Wildman–Crippen LogP) is 3.33. The van der Waals surface area contributed by atoms with Crippen molar-refractivity contribution in [3.8, 4) is 5.88 Å². The number of hydrogen-bond donors (Lipinski definition) is 1. The van der Waals surface area contributed by atoms with E-state index in [9.17, 15) is 9.59 Å². The van der Waals surface area contributed by atoms with Crippen LogP contribution in [0.15, 0.2) is 11.6 Å². The topological polar surface area (TPSA) is 108 Å². The van der Waals surface area contributed by atoms with E-state index in [1.54, 1.807) is 7.11 Å². The quantitative estimate of drug-likeness (QED) is 0.280. The maximum absolute atomic E-state index is 13.4. The number of ether oxygens (including phenoxy) is 2. The van der Waals surface area contributed by atoms with Crippen molar-refractivity contribution >= 4 is 17.3 Å². The van der Waals surface area contributed by atoms with Crippen molar-refractivity contribution in [2.75, 3.05) is 33.9 Å². The van der Waals surface area contributed by atoms with Crippen LogP contribution in [0.3, 0.4) is 0 Å². The normalized spacial score (nSPS) is 22.0. The number of ketones is 2. The summed E-state index contributed by atoms with van der Waals surface area (Å²) in [5.41, 5.74) is 8.08. The van der Waals surface area contributed by atoms with Gasteiger partial charge >= 0.3 is 0 Å². The molecule has 34 heavy (non-hydrogen) atoms. The van der Waals surface area contributed by atoms with E-state index < -0.39 is 5.92 Å². The number of allylic oxidation sites excluding steroid dienone is 1. The minimum Gasteiger partial charge on any atom is -0.476 e. The highest BCUT2D eigenvalue weighted by Crippen LogP contribution is 2.28. The molecule has 1 aromatic heterocycles. The zero-order chi connectivity index (χ0) is 24.5. The monoisotopic (exact) mass is 472 g/mol. The van der Waals surface area contributed by atoms with Gasteiger partial charge in [-0.2, -0.15) is 4.98 Å². The number of carbonyl (C=O) groups excluding carboxylic acids is 2. The molecule has 2 atom stereocenters. The van der Waals surface area contributed by atoms with Crippen molar-refractivity contribution in [3.05, 3.63) is 23.2 Å². The average molecular weight is 473 g/mol. The van der Waals surface area contributed by atoms with Crippen LogP contribution in [0.1, 0.15) is 76.2 Å². The Hall–Kier alpha value is -2.32. The van der Waals surface area contributed by atoms with E-state index in [1.807, 2.05) is 13.0 Å². The first-order chi connectivity index (χ1) is 16.4. The molecule has 0 unspecified atom stereocenters. The van der Waals surface area contributed by atoms with Gasteiger partial charge in [0, 0.05) is 43.5 Å². The second-order valence-corrected chi connectivity index (χ2v) is 9.48. The lowest BCUT2D eigenvalue weighted by Crippen LogP contribution is -2.31. The number of Topliss-reactive ketones (excluding diaryl/α,β-unsaturated/α-hetero) is 2. The average Bonchev–Trinajstić information content (AvgIpc) is 3.25. The molecular formula is C26H40N4O4. The van der Waals surface area contributed by atoms with Gasteiger partial charge in [-0.1, -0.05) is 19.8 Å². The zero-order valence-corrected chi connectivity index (χ0v) is 21.0. The van der Waals surface area contributed by atoms with Gasteiger partial charge in [-0.25, -0.2) is 4.98 Å². The lowest BCUT2D eigenvalue weighted by Gasteiger charge is -2.22. The van der Waals surface area contributed by atoms with Crippen LogP contribution in [-0.2, 0) is 20.7 Å². The van der Waals surface area contributed by atoms with Crippen LogP contribution in [0.25, 0.3) is 5.70 Å². The number of likely N-dealkylation sites (tertiary alicyclic amines) is 1. The summed E-state index contributed by atoms with van der Waals surface area (Å²) in [6.07, 6.45) is 7.81. The Bertz CT molecular complexity index is 886. The molecule has 2 fully saturated rings. The molecule has 3 rings (SSSR count). The van der Waals surface area contributed by atoms with Gasteiger partial charge in [-0.05, 0) is 58.5 Å². The van der Waals surface area contributed by atoms with Crippen molar-refractivity contribution in [2.24, 2.45) is 11.7 Å². The molecule has 1 aliphatic carbocycles. The number of hydrogen-bond acceptors (Lipinski definition) is 8. The molecule has 0 spiro atoms. The first kappa shape index (κ1) is 26.3. The second-order valence-electron chi connectivity index (χ2n) is 9.48. The molecule has 8 heteroatoms. The van der Waals surface area contributed by atoms with Crippen molar-refractivity contribution in [3.63, 3.8) is 0 Å². The Kier molecular flexibility index (Phi) is 10.0. The van der Waals surface area contributed by atoms with Gasteiger partial charge in [0.1, 0.15) is 12.4 Å². The Morgan fingerprint density at radius 1 is 1.24 bits per heavy atom. The Balaban J connectivity index is 1.90. The lowest BCUT2D eigenvalue weighted by molar-refractivity contribution is -0.132. The van der Waals surface area contributed by atoms with Crippen LogP contribution in [0.2, 0.25) is 0 Å². The number of carbonyl (C=O) groups is 2. The number of methoxy groups -OCH3 is 1. The van der Waals surface area contributed by atoms with E-state index in [0.717, 1.165) is 44.3 Å². The molecule has 0 bridgehead atoms. The maximum Gasteiger partial charge on any atom is 0.217 e. The molecule has 2 heterocycles. The minimum absolute atomic E-state index is 0.0246. The Morgan fingerprint density at radius 3 is 2.74 bits per heavy atom. The molecule has 2 aliphatic rings. The maximum atomic E-state index is 13.4. The summed E-state index contributed by atoms with van der Waals surface area (Å²) in [6, 6.07) is 2.21. The van der Waals surface area contributed by atoms with Gasteiger partial charge in [-0.3, -0.25) is 9.59 Å². The fourth-order valence-electron chi connectivity index (χ4n) is 4.81. The van der Waals surface area contributed by atoms with E-state index in [4.69, 9.17) is 15.2 Å². The van der Waals surface area contributed by atoms with E-state index in [2.05, 4.69) is 21.9 Å². The van der Waals surface area contributed by atoms with Crippen molar-refractivity contribution in [2.45, 2.75) is 77.2 Å². The number of rotatable bonds is 12. The number of nitrogens with two attached hydrogens (primary N) is 1. The summed E-state index contributed by atoms with van der Waals surface area (Å²) in [5, 5.41) is 0. The zero-order valence-electron chi connectivity index (χ0n) is 21.0. The van der Waals surface area contributed by atoms with Crippen LogP contribution in [0.4, 0.5) is 0 Å². The minimum atomic E-state index is -0.590. The standard InChI is InChI=1S/C26H40N4O4/c1-4-9-21(25(32)20-12-5-6-13-22(20)31)24(27)26-28-18(10-8-15-33-3)16-23(29-26)34-17-19-11-7-14-30(19)2/h16,19-20H,4-15,17,27H2,1-3H3/b24-21-/t19-,20-/m0/s1. The molecule has 1 saturated carbocycles. The van der Waals surface area contributed by atoms with Crippen LogP contribution in [0.5, 0.6) is 5.88 Å². The smallest absolute Gasteiger partial charge is 0.217 e. The fraction of sp³-hybridized carbons (Fsp3) is 0.692. The number of aryl methyl sites for hydroxylation is 1.